The van der Waals surface area contributed by atoms with E-state index in [2.05, 4.69) is 29.3 Å². The van der Waals surface area contributed by atoms with Gasteiger partial charge in [0.25, 0.3) is 5.69 Å². The van der Waals surface area contributed by atoms with Gasteiger partial charge in [0, 0.05) is 17.5 Å². The van der Waals surface area contributed by atoms with Gasteiger partial charge in [0.2, 0.25) is 0 Å². The first kappa shape index (κ1) is 20.1. The maximum Gasteiger partial charge on any atom is 0.407 e. The Hall–Kier alpha value is -4.18. The van der Waals surface area contributed by atoms with Crippen LogP contribution in [0.5, 0.6) is 0 Å². The summed E-state index contributed by atoms with van der Waals surface area (Å²) in [6, 6.07) is 19.1. The van der Waals surface area contributed by atoms with Gasteiger partial charge in [0.05, 0.1) is 17.5 Å². The Kier molecular flexibility index (Phi) is 5.63. The van der Waals surface area contributed by atoms with Crippen molar-refractivity contribution in [3.8, 4) is 23.0 Å². The van der Waals surface area contributed by atoms with Crippen molar-refractivity contribution in [2.24, 2.45) is 0 Å². The molecule has 0 saturated carbocycles. The maximum absolute atomic E-state index is 13.4. The van der Waals surface area contributed by atoms with Crippen LogP contribution < -0.4 is 5.32 Å². The van der Waals surface area contributed by atoms with Crippen LogP contribution in [0.1, 0.15) is 22.6 Å². The highest BCUT2D eigenvalue weighted by molar-refractivity contribution is 5.79. The molecule has 31 heavy (non-hydrogen) atoms. The van der Waals surface area contributed by atoms with Gasteiger partial charge < -0.3 is 10.1 Å². The smallest absolute Gasteiger partial charge is 0.407 e. The van der Waals surface area contributed by atoms with Crippen molar-refractivity contribution in [3.05, 3.63) is 99.4 Å². The molecule has 0 fully saturated rings. The fourth-order valence-corrected chi connectivity index (χ4v) is 3.66. The van der Waals surface area contributed by atoms with E-state index in [-0.39, 0.29) is 30.3 Å². The van der Waals surface area contributed by atoms with Crippen LogP contribution in [0.3, 0.4) is 0 Å². The van der Waals surface area contributed by atoms with Crippen LogP contribution in [0.25, 0.3) is 11.1 Å². The topological polar surface area (TPSA) is 81.5 Å². The molecule has 1 aliphatic rings. The number of nitro benzene ring substituents is 1. The minimum absolute atomic E-state index is 0.0407. The lowest BCUT2D eigenvalue weighted by molar-refractivity contribution is -0.385. The lowest BCUT2D eigenvalue weighted by atomic mass is 9.98. The van der Waals surface area contributed by atoms with Crippen LogP contribution in [0, 0.1) is 27.8 Å². The largest absolute Gasteiger partial charge is 0.449 e. The molecule has 3 aromatic rings. The molecular formula is C24H17FN2O4. The summed E-state index contributed by atoms with van der Waals surface area (Å²) in [5, 5.41) is 13.3. The van der Waals surface area contributed by atoms with E-state index >= 15 is 0 Å². The fraction of sp³-hybridized carbons (Fsp3) is 0.125. The van der Waals surface area contributed by atoms with Gasteiger partial charge in [-0.2, -0.15) is 0 Å². The molecule has 154 valence electrons. The Balaban J connectivity index is 1.35. The first-order valence-electron chi connectivity index (χ1n) is 9.55. The number of nitrogens with zero attached hydrogens (tertiary/aromatic N) is 1. The van der Waals surface area contributed by atoms with E-state index in [1.807, 2.05) is 36.4 Å². The number of nitro groups is 1. The number of alkyl carbamates (subject to hydrolysis) is 1. The third kappa shape index (κ3) is 4.38. The fourth-order valence-electron chi connectivity index (χ4n) is 3.66. The van der Waals surface area contributed by atoms with Crippen LogP contribution >= 0.6 is 0 Å². The number of halogens is 1. The van der Waals surface area contributed by atoms with Gasteiger partial charge in [-0.15, -0.1) is 0 Å². The molecule has 0 unspecified atom stereocenters. The molecule has 0 saturated heterocycles. The number of nitrogens with one attached hydrogen (secondary N) is 1. The molecule has 4 rings (SSSR count). The third-order valence-electron chi connectivity index (χ3n) is 4.99. The molecule has 3 aromatic carbocycles. The summed E-state index contributed by atoms with van der Waals surface area (Å²) in [6.07, 6.45) is -0.624. The molecule has 1 aliphatic carbocycles. The minimum Gasteiger partial charge on any atom is -0.449 e. The predicted molar refractivity (Wildman–Crippen MR) is 113 cm³/mol. The van der Waals surface area contributed by atoms with Crippen molar-refractivity contribution >= 4 is 11.8 Å². The molecule has 0 spiro atoms. The number of hydrogen-bond acceptors (Lipinski definition) is 4. The van der Waals surface area contributed by atoms with E-state index in [1.54, 1.807) is 0 Å². The second-order valence-corrected chi connectivity index (χ2v) is 6.94. The average molecular weight is 416 g/mol. The summed E-state index contributed by atoms with van der Waals surface area (Å²) in [5.74, 6) is 4.44. The summed E-state index contributed by atoms with van der Waals surface area (Å²) >= 11 is 0. The monoisotopic (exact) mass is 416 g/mol. The zero-order valence-electron chi connectivity index (χ0n) is 16.3. The predicted octanol–water partition coefficient (Wildman–Crippen LogP) is 4.62. The third-order valence-corrected chi connectivity index (χ3v) is 4.99. The summed E-state index contributed by atoms with van der Waals surface area (Å²) < 4.78 is 18.8. The van der Waals surface area contributed by atoms with E-state index in [0.29, 0.717) is 0 Å². The molecule has 1 amide bonds. The lowest BCUT2D eigenvalue weighted by Gasteiger charge is -2.14. The molecule has 0 radical (unpaired) electrons. The number of amides is 1. The molecule has 0 atom stereocenters. The first-order chi connectivity index (χ1) is 15.0. The van der Waals surface area contributed by atoms with E-state index in [0.717, 1.165) is 34.4 Å². The number of ether oxygens (including phenoxy) is 1. The van der Waals surface area contributed by atoms with Crippen molar-refractivity contribution in [2.75, 3.05) is 13.2 Å². The molecule has 0 aromatic heterocycles. The second-order valence-electron chi connectivity index (χ2n) is 6.94. The minimum atomic E-state index is -0.747. The van der Waals surface area contributed by atoms with Gasteiger partial charge in [-0.25, -0.2) is 9.18 Å². The van der Waals surface area contributed by atoms with Crippen LogP contribution in [-0.2, 0) is 4.74 Å². The lowest BCUT2D eigenvalue weighted by Crippen LogP contribution is -2.26. The highest BCUT2D eigenvalue weighted by Crippen LogP contribution is 2.44. The van der Waals surface area contributed by atoms with Crippen LogP contribution in [-0.4, -0.2) is 24.2 Å². The van der Waals surface area contributed by atoms with Crippen molar-refractivity contribution in [2.45, 2.75) is 5.92 Å². The molecule has 0 aliphatic heterocycles. The molecule has 7 heteroatoms. The van der Waals surface area contributed by atoms with Crippen molar-refractivity contribution in [1.29, 1.82) is 0 Å². The Bertz CT molecular complexity index is 1180. The van der Waals surface area contributed by atoms with Gasteiger partial charge in [-0.05, 0) is 28.3 Å². The van der Waals surface area contributed by atoms with Gasteiger partial charge in [0.15, 0.2) is 0 Å². The number of carbonyl (C=O) groups is 1. The summed E-state index contributed by atoms with van der Waals surface area (Å²) in [7, 11) is 0. The molecule has 0 heterocycles. The molecule has 6 nitrogen and oxygen atoms in total. The van der Waals surface area contributed by atoms with Gasteiger partial charge in [-0.3, -0.25) is 10.1 Å². The zero-order valence-corrected chi connectivity index (χ0v) is 16.3. The van der Waals surface area contributed by atoms with Crippen molar-refractivity contribution < 1.29 is 18.8 Å². The highest BCUT2D eigenvalue weighted by Gasteiger charge is 2.28. The van der Waals surface area contributed by atoms with Crippen molar-refractivity contribution in [1.82, 2.24) is 5.32 Å². The number of rotatable bonds is 4. The Morgan fingerprint density at radius 2 is 1.71 bits per heavy atom. The van der Waals surface area contributed by atoms with E-state index in [4.69, 9.17) is 4.74 Å². The quantitative estimate of drug-likeness (QED) is 0.382. The zero-order chi connectivity index (χ0) is 21.8. The normalized spacial score (nSPS) is 11.6. The summed E-state index contributed by atoms with van der Waals surface area (Å²) in [4.78, 5) is 22.2. The average Bonchev–Trinajstić information content (AvgIpc) is 3.09. The van der Waals surface area contributed by atoms with Crippen LogP contribution in [0.2, 0.25) is 0 Å². The van der Waals surface area contributed by atoms with Crippen LogP contribution in [0.15, 0.2) is 66.7 Å². The number of carbonyl (C=O) groups excluding carboxylic acids is 1. The standard InChI is InChI=1S/C24H17FN2O4/c25-17-12-16(13-18(14-17)27(29)30)6-5-11-26-24(28)31-15-23-21-9-3-1-7-19(21)20-8-2-4-10-22(20)23/h1-4,7-10,12-14,23H,11,15H2,(H,26,28). The molecule has 0 bridgehead atoms. The maximum atomic E-state index is 13.4. The van der Waals surface area contributed by atoms with Gasteiger partial charge in [0.1, 0.15) is 12.4 Å². The first-order valence-corrected chi connectivity index (χ1v) is 9.55. The second kappa shape index (κ2) is 8.67. The van der Waals surface area contributed by atoms with Gasteiger partial charge >= 0.3 is 6.09 Å². The number of non-ortho nitro benzene ring substituents is 1. The number of hydrogen-bond donors (Lipinski definition) is 1. The molecule has 1 N–H and O–H groups in total. The van der Waals surface area contributed by atoms with Crippen LogP contribution in [0.4, 0.5) is 14.9 Å². The van der Waals surface area contributed by atoms with E-state index in [1.165, 1.54) is 6.07 Å². The van der Waals surface area contributed by atoms with E-state index < -0.39 is 16.8 Å². The SMILES string of the molecule is O=C(NCC#Cc1cc(F)cc([N+](=O)[O-])c1)OCC1c2ccccc2-c2ccccc21. The summed E-state index contributed by atoms with van der Waals surface area (Å²) in [5.41, 5.74) is 4.28. The number of fused-ring (bicyclic) bond motifs is 3. The highest BCUT2D eigenvalue weighted by atomic mass is 19.1. The summed E-state index contributed by atoms with van der Waals surface area (Å²) in [6.45, 7) is 0.143. The van der Waals surface area contributed by atoms with Gasteiger partial charge in [-0.1, -0.05) is 60.4 Å². The Morgan fingerprint density at radius 1 is 1.06 bits per heavy atom. The van der Waals surface area contributed by atoms with E-state index in [9.17, 15) is 19.3 Å². The Morgan fingerprint density at radius 3 is 2.35 bits per heavy atom. The molecular weight excluding hydrogens is 399 g/mol. The number of benzene rings is 3. The Labute approximate surface area is 177 Å². The van der Waals surface area contributed by atoms with Crippen molar-refractivity contribution in [3.63, 3.8) is 0 Å².